The van der Waals surface area contributed by atoms with Crippen molar-refractivity contribution in [3.8, 4) is 0 Å². The summed E-state index contributed by atoms with van der Waals surface area (Å²) in [4.78, 5) is 11.4. The van der Waals surface area contributed by atoms with Crippen LogP contribution in [0.25, 0.3) is 0 Å². The zero-order valence-corrected chi connectivity index (χ0v) is 9.43. The van der Waals surface area contributed by atoms with E-state index in [-0.39, 0.29) is 41.1 Å². The maximum absolute atomic E-state index is 11.4. The van der Waals surface area contributed by atoms with Crippen LogP contribution in [0, 0.1) is 11.8 Å². The Morgan fingerprint density at radius 3 is 1.25 bits per heavy atom. The minimum Gasteiger partial charge on any atom is -0.299 e. The van der Waals surface area contributed by atoms with Crippen molar-refractivity contribution in [2.75, 3.05) is 23.5 Å². The highest BCUT2D eigenvalue weighted by Gasteiger charge is 2.24. The maximum Gasteiger partial charge on any atom is 0.143 e. The molecule has 0 fully saturated rings. The van der Waals surface area contributed by atoms with E-state index < -0.39 is 0 Å². The first-order chi connectivity index (χ1) is 5.71. The molecule has 0 radical (unpaired) electrons. The van der Waals surface area contributed by atoms with E-state index in [9.17, 15) is 4.79 Å². The highest BCUT2D eigenvalue weighted by Crippen LogP contribution is 2.14. The summed E-state index contributed by atoms with van der Waals surface area (Å²) in [6.45, 7) is 0. The zero-order valence-electron chi connectivity index (χ0n) is 6.40. The Hall–Kier alpha value is 0.830. The quantitative estimate of drug-likeness (QED) is 0.664. The van der Waals surface area contributed by atoms with Gasteiger partial charge in [0.1, 0.15) is 5.78 Å². The monoisotopic (exact) mass is 250 g/mol. The van der Waals surface area contributed by atoms with E-state index in [1.165, 1.54) is 0 Å². The number of carbonyl (C=O) groups excluding carboxylic acids is 1. The molecular weight excluding hydrogens is 242 g/mol. The highest BCUT2D eigenvalue weighted by molar-refractivity contribution is 6.25. The predicted molar refractivity (Wildman–Crippen MR) is 54.9 cm³/mol. The predicted octanol–water partition coefficient (Wildman–Crippen LogP) is 2.74. The van der Waals surface area contributed by atoms with Gasteiger partial charge < -0.3 is 0 Å². The van der Waals surface area contributed by atoms with Crippen molar-refractivity contribution in [2.45, 2.75) is 0 Å². The molecule has 12 heavy (non-hydrogen) atoms. The fourth-order valence-electron chi connectivity index (χ4n) is 0.720. The Labute approximate surface area is 92.3 Å². The van der Waals surface area contributed by atoms with Gasteiger partial charge in [0.05, 0.1) is 0 Å². The Morgan fingerprint density at radius 2 is 1.08 bits per heavy atom. The van der Waals surface area contributed by atoms with E-state index in [0.717, 1.165) is 0 Å². The second-order valence-corrected chi connectivity index (χ2v) is 3.65. The molecule has 0 aromatic carbocycles. The third kappa shape index (κ3) is 3.69. The van der Waals surface area contributed by atoms with Crippen LogP contribution in [0.15, 0.2) is 0 Å². The summed E-state index contributed by atoms with van der Waals surface area (Å²) >= 11 is 22.1. The minimum atomic E-state index is -0.323. The van der Waals surface area contributed by atoms with E-state index >= 15 is 0 Å². The lowest BCUT2D eigenvalue weighted by Crippen LogP contribution is -2.28. The standard InChI is InChI=1S/C7H10Cl4O/c8-1-5(2-9)7(12)6(3-10)4-11/h5-6H,1-4H2. The summed E-state index contributed by atoms with van der Waals surface area (Å²) in [5.74, 6) is 0.231. The number of ketones is 1. The maximum atomic E-state index is 11.4. The van der Waals surface area contributed by atoms with E-state index in [1.54, 1.807) is 0 Å². The molecule has 1 nitrogen and oxygen atoms in total. The molecule has 0 bridgehead atoms. The van der Waals surface area contributed by atoms with Crippen LogP contribution in [0.2, 0.25) is 0 Å². The third-order valence-electron chi connectivity index (χ3n) is 1.55. The van der Waals surface area contributed by atoms with E-state index in [1.807, 2.05) is 0 Å². The number of hydrogen-bond donors (Lipinski definition) is 0. The molecule has 0 aromatic heterocycles. The van der Waals surface area contributed by atoms with Gasteiger partial charge in [-0.15, -0.1) is 46.4 Å². The van der Waals surface area contributed by atoms with Crippen LogP contribution in [0.4, 0.5) is 0 Å². The van der Waals surface area contributed by atoms with Crippen molar-refractivity contribution >= 4 is 52.2 Å². The molecule has 0 unspecified atom stereocenters. The van der Waals surface area contributed by atoms with Gasteiger partial charge in [0.2, 0.25) is 0 Å². The average molecular weight is 252 g/mol. The Bertz CT molecular complexity index is 117. The second kappa shape index (κ2) is 7.25. The van der Waals surface area contributed by atoms with Crippen molar-refractivity contribution in [1.29, 1.82) is 0 Å². The van der Waals surface area contributed by atoms with E-state index in [0.29, 0.717) is 0 Å². The smallest absolute Gasteiger partial charge is 0.143 e. The van der Waals surface area contributed by atoms with Gasteiger partial charge in [-0.2, -0.15) is 0 Å². The molecule has 0 aliphatic rings. The first-order valence-electron chi connectivity index (χ1n) is 3.48. The van der Waals surface area contributed by atoms with Crippen LogP contribution in [0.3, 0.4) is 0 Å². The lowest BCUT2D eigenvalue weighted by molar-refractivity contribution is -0.124. The summed E-state index contributed by atoms with van der Waals surface area (Å²) < 4.78 is 0. The van der Waals surface area contributed by atoms with Crippen molar-refractivity contribution in [2.24, 2.45) is 11.8 Å². The Kier molecular flexibility index (Phi) is 7.76. The number of Topliss-reactive ketones (excluding diaryl/α,β-unsaturated/α-hetero) is 1. The highest BCUT2D eigenvalue weighted by atomic mass is 35.5. The lowest BCUT2D eigenvalue weighted by Gasteiger charge is -2.14. The molecule has 0 saturated carbocycles. The molecule has 0 amide bonds. The molecule has 0 aromatic rings. The van der Waals surface area contributed by atoms with Gasteiger partial charge in [0.15, 0.2) is 0 Å². The topological polar surface area (TPSA) is 17.1 Å². The first kappa shape index (κ1) is 12.8. The number of carbonyl (C=O) groups is 1. The molecule has 0 atom stereocenters. The molecule has 0 aliphatic carbocycles. The zero-order chi connectivity index (χ0) is 9.56. The van der Waals surface area contributed by atoms with Crippen LogP contribution < -0.4 is 0 Å². The molecule has 5 heteroatoms. The lowest BCUT2D eigenvalue weighted by atomic mass is 9.98. The van der Waals surface area contributed by atoms with Gasteiger partial charge in [-0.25, -0.2) is 0 Å². The van der Waals surface area contributed by atoms with Crippen LogP contribution in [0.1, 0.15) is 0 Å². The molecule has 0 N–H and O–H groups in total. The third-order valence-corrected chi connectivity index (χ3v) is 3.04. The largest absolute Gasteiger partial charge is 0.299 e. The van der Waals surface area contributed by atoms with Gasteiger partial charge in [-0.1, -0.05) is 0 Å². The van der Waals surface area contributed by atoms with Gasteiger partial charge in [-0.05, 0) is 0 Å². The van der Waals surface area contributed by atoms with Gasteiger partial charge in [0.25, 0.3) is 0 Å². The molecule has 0 rings (SSSR count). The van der Waals surface area contributed by atoms with E-state index in [2.05, 4.69) is 0 Å². The van der Waals surface area contributed by atoms with Gasteiger partial charge >= 0.3 is 0 Å². The van der Waals surface area contributed by atoms with Crippen LogP contribution in [-0.2, 0) is 4.79 Å². The average Bonchev–Trinajstić information content (AvgIpc) is 2.09. The Balaban J connectivity index is 4.12. The summed E-state index contributed by atoms with van der Waals surface area (Å²) in [7, 11) is 0. The number of alkyl halides is 4. The SMILES string of the molecule is O=C(C(CCl)CCl)C(CCl)CCl. The Morgan fingerprint density at radius 1 is 0.833 bits per heavy atom. The summed E-state index contributed by atoms with van der Waals surface area (Å²) in [6.07, 6.45) is 0. The molecular formula is C7H10Cl4O. The first-order valence-corrected chi connectivity index (χ1v) is 5.62. The van der Waals surface area contributed by atoms with Crippen LogP contribution >= 0.6 is 46.4 Å². The minimum absolute atomic E-state index is 0.0370. The van der Waals surface area contributed by atoms with Crippen LogP contribution in [-0.4, -0.2) is 29.3 Å². The summed E-state index contributed by atoms with van der Waals surface area (Å²) in [5, 5.41) is 0. The fraction of sp³-hybridized carbons (Fsp3) is 0.857. The molecule has 0 spiro atoms. The number of rotatable bonds is 6. The fourth-order valence-corrected chi connectivity index (χ4v) is 1.99. The molecule has 72 valence electrons. The molecule has 0 aliphatic heterocycles. The molecule has 0 heterocycles. The van der Waals surface area contributed by atoms with Crippen molar-refractivity contribution < 1.29 is 4.79 Å². The summed E-state index contributed by atoms with van der Waals surface area (Å²) in [6, 6.07) is 0. The van der Waals surface area contributed by atoms with Crippen molar-refractivity contribution in [3.63, 3.8) is 0 Å². The second-order valence-electron chi connectivity index (χ2n) is 2.41. The summed E-state index contributed by atoms with van der Waals surface area (Å²) in [5.41, 5.74) is 0. The number of halogens is 4. The number of hydrogen-bond acceptors (Lipinski definition) is 1. The van der Waals surface area contributed by atoms with Crippen molar-refractivity contribution in [1.82, 2.24) is 0 Å². The molecule has 0 saturated heterocycles. The van der Waals surface area contributed by atoms with Crippen molar-refractivity contribution in [3.05, 3.63) is 0 Å². The van der Waals surface area contributed by atoms with Gasteiger partial charge in [-0.3, -0.25) is 4.79 Å². The normalized spacial score (nSPS) is 11.2. The van der Waals surface area contributed by atoms with Crippen LogP contribution in [0.5, 0.6) is 0 Å². The van der Waals surface area contributed by atoms with E-state index in [4.69, 9.17) is 46.4 Å². The van der Waals surface area contributed by atoms with Gasteiger partial charge in [0, 0.05) is 35.4 Å².